The van der Waals surface area contributed by atoms with Crippen molar-refractivity contribution in [3.63, 3.8) is 0 Å². The summed E-state index contributed by atoms with van der Waals surface area (Å²) in [5.41, 5.74) is 2.41. The summed E-state index contributed by atoms with van der Waals surface area (Å²) in [5, 5.41) is 4.30. The van der Waals surface area contributed by atoms with Crippen molar-refractivity contribution >= 4 is 27.7 Å². The molecule has 1 heterocycles. The predicted molar refractivity (Wildman–Crippen MR) is 91.6 cm³/mol. The Hall–Kier alpha value is -0.910. The van der Waals surface area contributed by atoms with Gasteiger partial charge in [0.15, 0.2) is 5.16 Å². The molecule has 0 amide bonds. The Morgan fingerprint density at radius 1 is 1.19 bits per heavy atom. The molecule has 0 saturated heterocycles. The van der Waals surface area contributed by atoms with Gasteiger partial charge in [-0.3, -0.25) is 0 Å². The molecule has 1 N–H and O–H groups in total. The second kappa shape index (κ2) is 6.90. The number of nitrogens with zero attached hydrogens (tertiary/aromatic N) is 2. The third kappa shape index (κ3) is 5.41. The van der Waals surface area contributed by atoms with Crippen molar-refractivity contribution < 1.29 is 0 Å². The number of nitrogens with one attached hydrogen (secondary N) is 1. The van der Waals surface area contributed by atoms with Crippen LogP contribution in [0.3, 0.4) is 0 Å². The summed E-state index contributed by atoms with van der Waals surface area (Å²) in [5.74, 6) is 0. The minimum absolute atomic E-state index is 0.0879. The van der Waals surface area contributed by atoms with E-state index in [1.807, 2.05) is 19.3 Å². The van der Waals surface area contributed by atoms with Crippen LogP contribution in [0, 0.1) is 6.92 Å². The number of rotatable bonds is 4. The number of benzene rings is 1. The molecular weight excluding hydrogens is 346 g/mol. The predicted octanol–water partition coefficient (Wildman–Crippen LogP) is 4.59. The van der Waals surface area contributed by atoms with Gasteiger partial charge < -0.3 is 5.32 Å². The van der Waals surface area contributed by atoms with Crippen molar-refractivity contribution in [1.82, 2.24) is 15.3 Å². The lowest BCUT2D eigenvalue weighted by Crippen LogP contribution is -2.35. The maximum absolute atomic E-state index is 4.37. The first-order chi connectivity index (χ1) is 9.83. The Morgan fingerprint density at radius 2 is 1.86 bits per heavy atom. The van der Waals surface area contributed by atoms with Gasteiger partial charge in [-0.15, -0.1) is 0 Å². The maximum Gasteiger partial charge on any atom is 0.192 e. The average Bonchev–Trinajstić information content (AvgIpc) is 2.40. The van der Waals surface area contributed by atoms with E-state index < -0.39 is 0 Å². The van der Waals surface area contributed by atoms with E-state index in [1.54, 1.807) is 11.8 Å². The van der Waals surface area contributed by atoms with Crippen molar-refractivity contribution in [2.24, 2.45) is 0 Å². The molecule has 0 bridgehead atoms. The summed E-state index contributed by atoms with van der Waals surface area (Å²) in [4.78, 5) is 9.91. The summed E-state index contributed by atoms with van der Waals surface area (Å²) in [6, 6.07) is 6.31. The van der Waals surface area contributed by atoms with Gasteiger partial charge in [0.1, 0.15) is 0 Å². The monoisotopic (exact) mass is 365 g/mol. The molecule has 0 atom stereocenters. The van der Waals surface area contributed by atoms with Gasteiger partial charge in [-0.1, -0.05) is 15.9 Å². The van der Waals surface area contributed by atoms with Crippen LogP contribution >= 0.6 is 27.7 Å². The van der Waals surface area contributed by atoms with Gasteiger partial charge in [0.25, 0.3) is 0 Å². The minimum atomic E-state index is 0.0879. The van der Waals surface area contributed by atoms with Gasteiger partial charge in [-0.2, -0.15) is 0 Å². The third-order valence-electron chi connectivity index (χ3n) is 2.79. The fraction of sp³-hybridized carbons (Fsp3) is 0.375. The molecule has 0 unspecified atom stereocenters. The molecule has 2 aromatic rings. The smallest absolute Gasteiger partial charge is 0.192 e. The highest BCUT2D eigenvalue weighted by Gasteiger charge is 2.12. The lowest BCUT2D eigenvalue weighted by Gasteiger charge is -2.21. The Labute approximate surface area is 139 Å². The van der Waals surface area contributed by atoms with Crippen LogP contribution in [0.5, 0.6) is 0 Å². The van der Waals surface area contributed by atoms with Gasteiger partial charge in [0.05, 0.1) is 0 Å². The SMILES string of the molecule is Cc1cnc(Sc2ccc(Br)cc2CNC(C)(C)C)nc1. The zero-order valence-electron chi connectivity index (χ0n) is 12.8. The van der Waals surface area contributed by atoms with Gasteiger partial charge in [-0.05, 0) is 68.8 Å². The zero-order chi connectivity index (χ0) is 15.5. The van der Waals surface area contributed by atoms with Gasteiger partial charge in [-0.25, -0.2) is 9.97 Å². The van der Waals surface area contributed by atoms with Crippen LogP contribution in [0.1, 0.15) is 31.9 Å². The molecular formula is C16H20BrN3S. The molecule has 0 fully saturated rings. The first kappa shape index (κ1) is 16.5. The zero-order valence-corrected chi connectivity index (χ0v) is 15.2. The fourth-order valence-electron chi connectivity index (χ4n) is 1.68. The van der Waals surface area contributed by atoms with E-state index in [4.69, 9.17) is 0 Å². The highest BCUT2D eigenvalue weighted by molar-refractivity contribution is 9.10. The molecule has 21 heavy (non-hydrogen) atoms. The van der Waals surface area contributed by atoms with Crippen LogP contribution in [-0.4, -0.2) is 15.5 Å². The molecule has 0 aliphatic rings. The second-order valence-electron chi connectivity index (χ2n) is 6.00. The van der Waals surface area contributed by atoms with E-state index in [9.17, 15) is 0 Å². The fourth-order valence-corrected chi connectivity index (χ4v) is 2.89. The number of aromatic nitrogens is 2. The molecule has 0 saturated carbocycles. The molecule has 0 aliphatic heterocycles. The Morgan fingerprint density at radius 3 is 2.48 bits per heavy atom. The normalized spacial score (nSPS) is 11.7. The Bertz CT molecular complexity index is 606. The number of halogens is 1. The molecule has 3 nitrogen and oxygen atoms in total. The molecule has 0 spiro atoms. The first-order valence-electron chi connectivity index (χ1n) is 6.83. The van der Waals surface area contributed by atoms with E-state index in [0.717, 1.165) is 21.7 Å². The molecule has 2 rings (SSSR count). The lowest BCUT2D eigenvalue weighted by atomic mass is 10.1. The Balaban J connectivity index is 2.20. The van der Waals surface area contributed by atoms with Crippen LogP contribution in [0.25, 0.3) is 0 Å². The summed E-state index contributed by atoms with van der Waals surface area (Å²) < 4.78 is 1.09. The van der Waals surface area contributed by atoms with Gasteiger partial charge >= 0.3 is 0 Å². The molecule has 5 heteroatoms. The van der Waals surface area contributed by atoms with Crippen molar-refractivity contribution in [1.29, 1.82) is 0 Å². The standard InChI is InChI=1S/C16H20BrN3S/c1-11-8-18-15(19-9-11)21-14-6-5-13(17)7-12(14)10-20-16(2,3)4/h5-9,20H,10H2,1-4H3. The van der Waals surface area contributed by atoms with Crippen LogP contribution in [-0.2, 0) is 6.54 Å². The lowest BCUT2D eigenvalue weighted by molar-refractivity contribution is 0.422. The van der Waals surface area contributed by atoms with E-state index in [1.165, 1.54) is 10.5 Å². The topological polar surface area (TPSA) is 37.8 Å². The van der Waals surface area contributed by atoms with E-state index in [0.29, 0.717) is 0 Å². The molecule has 112 valence electrons. The van der Waals surface area contributed by atoms with E-state index in [2.05, 4.69) is 70.2 Å². The van der Waals surface area contributed by atoms with Crippen molar-refractivity contribution in [3.05, 3.63) is 46.2 Å². The Kier molecular flexibility index (Phi) is 5.41. The minimum Gasteiger partial charge on any atom is -0.308 e. The van der Waals surface area contributed by atoms with Crippen LogP contribution in [0.2, 0.25) is 0 Å². The average molecular weight is 366 g/mol. The van der Waals surface area contributed by atoms with Crippen LogP contribution in [0.15, 0.2) is 45.1 Å². The number of aryl methyl sites for hydroxylation is 1. The number of hydrogen-bond acceptors (Lipinski definition) is 4. The summed E-state index contributed by atoms with van der Waals surface area (Å²) in [6.45, 7) is 9.31. The summed E-state index contributed by atoms with van der Waals surface area (Å²) in [7, 11) is 0. The molecule has 0 aliphatic carbocycles. The molecule has 1 aromatic carbocycles. The third-order valence-corrected chi connectivity index (χ3v) is 4.30. The van der Waals surface area contributed by atoms with Gasteiger partial charge in [0.2, 0.25) is 0 Å². The highest BCUT2D eigenvalue weighted by Crippen LogP contribution is 2.30. The molecule has 0 radical (unpaired) electrons. The first-order valence-corrected chi connectivity index (χ1v) is 8.44. The summed E-state index contributed by atoms with van der Waals surface area (Å²) >= 11 is 5.14. The number of hydrogen-bond donors (Lipinski definition) is 1. The van der Waals surface area contributed by atoms with Crippen molar-refractivity contribution in [3.8, 4) is 0 Å². The van der Waals surface area contributed by atoms with Crippen LogP contribution in [0.4, 0.5) is 0 Å². The maximum atomic E-state index is 4.37. The second-order valence-corrected chi connectivity index (χ2v) is 7.93. The summed E-state index contributed by atoms with van der Waals surface area (Å²) in [6.07, 6.45) is 3.70. The van der Waals surface area contributed by atoms with Crippen LogP contribution < -0.4 is 5.32 Å². The van der Waals surface area contributed by atoms with Crippen molar-refractivity contribution in [2.75, 3.05) is 0 Å². The van der Waals surface area contributed by atoms with Crippen molar-refractivity contribution in [2.45, 2.75) is 49.8 Å². The highest BCUT2D eigenvalue weighted by atomic mass is 79.9. The van der Waals surface area contributed by atoms with Gasteiger partial charge in [0, 0.05) is 33.8 Å². The quantitative estimate of drug-likeness (QED) is 0.804. The van der Waals surface area contributed by atoms with E-state index in [-0.39, 0.29) is 5.54 Å². The molecule has 1 aromatic heterocycles. The largest absolute Gasteiger partial charge is 0.308 e. The van der Waals surface area contributed by atoms with E-state index >= 15 is 0 Å².